The van der Waals surface area contributed by atoms with Crippen LogP contribution in [0.25, 0.3) is 22.1 Å². The van der Waals surface area contributed by atoms with E-state index in [1.807, 2.05) is 99.3 Å². The van der Waals surface area contributed by atoms with E-state index >= 15 is 0 Å². The first kappa shape index (κ1) is 121. The Kier molecular flexibility index (Phi) is 43.1. The van der Waals surface area contributed by atoms with Gasteiger partial charge in [0.05, 0.1) is 84.5 Å². The van der Waals surface area contributed by atoms with Gasteiger partial charge in [-0.05, 0) is 293 Å². The number of hydrogen-bond acceptors (Lipinski definition) is 25. The quantitative estimate of drug-likeness (QED) is 0.0129. The zero-order valence-corrected chi connectivity index (χ0v) is 88.0. The van der Waals surface area contributed by atoms with Crippen molar-refractivity contribution in [2.24, 2.45) is 0 Å². The summed E-state index contributed by atoms with van der Waals surface area (Å²) in [6.45, 7) is 25.6. The average molecular weight is 2100 g/mol. The number of nitrogens with one attached hydrogen (secondary N) is 5. The molecule has 4 atom stereocenters. The van der Waals surface area contributed by atoms with E-state index in [0.717, 1.165) is 125 Å². The van der Waals surface area contributed by atoms with Crippen LogP contribution >= 0.6 is 0 Å². The van der Waals surface area contributed by atoms with Gasteiger partial charge in [0, 0.05) is 111 Å². The summed E-state index contributed by atoms with van der Waals surface area (Å²) in [6.07, 6.45) is -6.28. The third-order valence-corrected chi connectivity index (χ3v) is 22.4. The van der Waals surface area contributed by atoms with Crippen molar-refractivity contribution in [3.63, 3.8) is 0 Å². The Bertz CT molecular complexity index is 6980. The van der Waals surface area contributed by atoms with Crippen molar-refractivity contribution in [3.8, 4) is 17.2 Å². The molecule has 3 radical (unpaired) electrons. The Balaban J connectivity index is 0.000000255. The van der Waals surface area contributed by atoms with E-state index in [4.69, 9.17) is 52.1 Å². The molecule has 15 N–H and O–H groups in total. The molecule has 0 unspecified atom stereocenters. The fraction of sp³-hybridized carbons (Fsp3) is 0.352. The van der Waals surface area contributed by atoms with Gasteiger partial charge >= 0.3 is 49.5 Å². The van der Waals surface area contributed by atoms with Gasteiger partial charge in [0.25, 0.3) is 5.91 Å². The number of carbonyl (C=O) groups excluding carboxylic acids is 1. The van der Waals surface area contributed by atoms with E-state index in [2.05, 4.69) is 90.9 Å². The van der Waals surface area contributed by atoms with Crippen molar-refractivity contribution >= 4 is 97.3 Å². The Morgan fingerprint density at radius 1 is 0.433 bits per heavy atom. The number of amides is 1. The van der Waals surface area contributed by atoms with Gasteiger partial charge in [-0.3, -0.25) is 9.69 Å². The summed E-state index contributed by atoms with van der Waals surface area (Å²) in [6, 6.07) is 42.4. The van der Waals surface area contributed by atoms with Gasteiger partial charge in [-0.15, -0.1) is 0 Å². The number of hydrogen-bond donors (Lipinski definition) is 11. The van der Waals surface area contributed by atoms with Crippen LogP contribution in [-0.4, -0.2) is 169 Å². The van der Waals surface area contributed by atoms with Gasteiger partial charge < -0.3 is 85.0 Å². The molecule has 31 nitrogen and oxygen atoms in total. The minimum absolute atomic E-state index is 0. The van der Waals surface area contributed by atoms with Gasteiger partial charge in [0.2, 0.25) is 0 Å². The maximum absolute atomic E-state index is 13.3. The summed E-state index contributed by atoms with van der Waals surface area (Å²) in [5.74, 6) is 4.79. The standard InChI is InChI=1S/C26H27F3N6O2.C26H29F3N6O.C18H21F3N6.C17H16F3N5O2.C10H14O.C4H8O.C4H10O.Al.Li.H/c1-15(18-9-20(26(27,28)29)12-21(30)10-18)31-24-23-11-19(14-35(23)33-16(2)32-24)25(36)34(3)13-17-5-7-22(37-4)8-6-17;1-16(20-10-21(26(27,28)29)12-22(30)11-20)31-25-24-9-19(15-35(24)33-17(2)32-25)14-34(3)13-18-5-7-23(36-4)8-6-18;1-10(13-5-14(18(19,20)21)7-15(22)6-13)24-17-16-4-12(8-23-3)9-27(16)26-11(2)25-17;1-8(10-3-12(17(18,19)20)6-13(21)4-10)22-15-14-5-11(16(26)27)7-25(14)24-9(2)23-15;1-3-4-9-5-7-10(11-2)8-6-9;1-2-4-5-3-1;1-4(2,3)5;;;/h5-12,14-15H,13,30H2,1-4H3,(H,31,32,33);5-12,15-16H,13-14,30H2,1-4H3,(H,31,32,33);4-7,9-10,23H,8,22H2,1-3H3,(H,24,25,26);3-8H,21H2,1-2H3,(H,26,27)(H,22,23,24);5-8H,3-4H2,1-2H3;1-4H2;5H,1-3H3;;;/q;;;;;;;;+1;-1/t15-;16-;10-;8-;;;;;;/m1111....../s1. The number of nitrogens with two attached hydrogens (primary N) is 4. The number of aryl methyl sites for hydroxylation is 5. The molecule has 9 heterocycles. The number of aromatic nitrogens is 12. The molecular weight excluding hydrogens is 1970 g/mol. The van der Waals surface area contributed by atoms with E-state index in [9.17, 15) is 62.3 Å². The molecule has 0 bridgehead atoms. The number of nitrogen functional groups attached to an aromatic ring is 4. The molecule has 0 aliphatic carbocycles. The fourth-order valence-electron chi connectivity index (χ4n) is 15.4. The summed E-state index contributed by atoms with van der Waals surface area (Å²) in [5, 5.41) is 50.6. The van der Waals surface area contributed by atoms with Crippen LogP contribution in [0.3, 0.4) is 0 Å². The van der Waals surface area contributed by atoms with Gasteiger partial charge in [-0.1, -0.05) is 49.7 Å². The van der Waals surface area contributed by atoms with Crippen molar-refractivity contribution in [1.29, 1.82) is 0 Å². The number of fused-ring (bicyclic) bond motifs is 4. The van der Waals surface area contributed by atoms with Crippen LogP contribution in [-0.2, 0) is 62.0 Å². The van der Waals surface area contributed by atoms with Gasteiger partial charge in [0.1, 0.15) is 62.6 Å². The second-order valence-electron chi connectivity index (χ2n) is 36.5. The predicted octanol–water partition coefficient (Wildman–Crippen LogP) is 18.5. The third-order valence-electron chi connectivity index (χ3n) is 22.4. The van der Waals surface area contributed by atoms with E-state index in [-0.39, 0.29) is 71.9 Å². The van der Waals surface area contributed by atoms with Crippen LogP contribution in [0.2, 0.25) is 0 Å². The predicted molar refractivity (Wildman–Crippen MR) is 555 cm³/mol. The van der Waals surface area contributed by atoms with Crippen LogP contribution < -0.4 is 82.6 Å². The SMILES string of the molecule is C1CCOC1.CC(C)(C)O.CCCc1ccc(OC)cc1.CNCc1cc2c(N[C@H](C)c3cc(N)cc(C(F)(F)F)c3)nc(C)nn2c1.COc1ccc(CN(C)C(=O)c2cc3c(N[C@H](C)c4cc(N)cc(C(F)(F)F)c4)nc(C)nn3c2)cc1.COc1ccc(CN(C)Cc2cc3c(N[C@H](C)c4cc(N)cc(C(F)(F)F)c4)nc(C)nn3c2)cc1.Cc1nc(N[C@H](C)c2cc(N)cc(C(F)(F)F)c2)c2cc(C(=O)O)cn2n1.[Al].[H-].[Li+]. The third kappa shape index (κ3) is 35.8. The number of halogens is 12. The van der Waals surface area contributed by atoms with Crippen molar-refractivity contribution in [2.75, 3.05) is 99.9 Å². The van der Waals surface area contributed by atoms with E-state index in [1.165, 1.54) is 70.4 Å². The summed E-state index contributed by atoms with van der Waals surface area (Å²) < 4.78 is 185. The number of carboxylic acid groups (broad SMARTS) is 1. The zero-order chi connectivity index (χ0) is 109. The van der Waals surface area contributed by atoms with E-state index < -0.39 is 82.7 Å². The number of aromatic carboxylic acids is 1. The Morgan fingerprint density at radius 3 is 1.01 bits per heavy atom. The number of methoxy groups -OCH3 is 3. The number of rotatable bonds is 27. The number of alkyl halides is 12. The number of ether oxygens (including phenoxy) is 4. The van der Waals surface area contributed by atoms with Crippen molar-refractivity contribution in [1.82, 2.24) is 73.5 Å². The Labute approximate surface area is 885 Å². The zero-order valence-electron chi connectivity index (χ0n) is 87.9. The number of aliphatic hydroxyl groups is 1. The molecule has 1 amide bonds. The Morgan fingerprint density at radius 2 is 0.713 bits per heavy atom. The first-order chi connectivity index (χ1) is 69.5. The maximum Gasteiger partial charge on any atom is 1.00 e. The normalized spacial score (nSPS) is 12.7. The van der Waals surface area contributed by atoms with Crippen LogP contribution in [0.5, 0.6) is 17.2 Å². The molecule has 45 heteroatoms. The monoisotopic (exact) mass is 2100 g/mol. The van der Waals surface area contributed by atoms with Crippen LogP contribution in [0.15, 0.2) is 195 Å². The molecule has 8 aromatic heterocycles. The first-order valence-corrected chi connectivity index (χ1v) is 47.0. The van der Waals surface area contributed by atoms with Crippen molar-refractivity contribution < 1.29 is 112 Å². The summed E-state index contributed by atoms with van der Waals surface area (Å²) >= 11 is 0. The van der Waals surface area contributed by atoms with E-state index in [0.29, 0.717) is 105 Å². The summed E-state index contributed by atoms with van der Waals surface area (Å²) in [7, 11) is 10.5. The number of carboxylic acids is 1. The summed E-state index contributed by atoms with van der Waals surface area (Å²) in [5.41, 5.74) is 29.1. The average Bonchev–Trinajstić information content (AvgIpc) is 1.66. The molecule has 16 rings (SSSR count). The second-order valence-corrected chi connectivity index (χ2v) is 36.5. The molecule has 1 aliphatic heterocycles. The maximum atomic E-state index is 13.3. The molecule has 15 aromatic rings. The molecule has 1 saturated heterocycles. The van der Waals surface area contributed by atoms with Crippen molar-refractivity contribution in [2.45, 2.75) is 189 Å². The molecule has 1 aliphatic rings. The van der Waals surface area contributed by atoms with Crippen LogP contribution in [0.4, 0.5) is 98.7 Å². The smallest absolute Gasteiger partial charge is 1.00 e. The molecular formula is C105H126AlF12LiN23O8. The number of benzene rings is 7. The van der Waals surface area contributed by atoms with Gasteiger partial charge in [-0.25, -0.2) is 42.8 Å². The Hall–Kier alpha value is -14.1. The van der Waals surface area contributed by atoms with Gasteiger partial charge in [0.15, 0.2) is 23.3 Å². The number of anilines is 8. The number of nitrogens with zero attached hydrogens (tertiary/aromatic N) is 14. The van der Waals surface area contributed by atoms with Crippen LogP contribution in [0, 0.1) is 27.7 Å². The molecule has 797 valence electrons. The minimum atomic E-state index is -4.52. The second kappa shape index (κ2) is 53.4. The molecule has 0 spiro atoms. The molecule has 0 saturated carbocycles. The first-order valence-electron chi connectivity index (χ1n) is 47.0. The van der Waals surface area contributed by atoms with E-state index in [1.54, 1.807) is 131 Å². The molecule has 150 heavy (non-hydrogen) atoms. The van der Waals surface area contributed by atoms with Crippen molar-refractivity contribution in [3.05, 3.63) is 301 Å². The molecule has 7 aromatic carbocycles. The largest absolute Gasteiger partial charge is 1.00 e. The van der Waals surface area contributed by atoms with Gasteiger partial charge in [-0.2, -0.15) is 73.1 Å². The van der Waals surface area contributed by atoms with Crippen LogP contribution in [0.1, 0.15) is 217 Å². The minimum Gasteiger partial charge on any atom is -1.00 e. The summed E-state index contributed by atoms with van der Waals surface area (Å²) in [4.78, 5) is 45.7. The molecule has 1 fully saturated rings. The topological polar surface area (TPSA) is 403 Å². The number of carbonyl (C=O) groups is 2. The fourth-order valence-corrected chi connectivity index (χ4v) is 15.4.